The lowest BCUT2D eigenvalue weighted by Crippen LogP contribution is -2.44. The summed E-state index contributed by atoms with van der Waals surface area (Å²) in [6.07, 6.45) is 3.41. The molecular formula is C26H34BrN4O2. The molecule has 2 heterocycles. The standard InChI is InChI=1S/C26H34BrN4O2/c1-16-13-21(32)24-22(16)23(28-15-29-24)18-9-11-31(12-10-18)25(33)20(14-30-26(2,3)4)17-5-7-19(27)8-6-17/h5-8,11,15-16,18,20-21,30,32H,9-10,12-14H2,1-4H3/t16-,18?,20-,21-/m1/s1. The van der Waals surface area contributed by atoms with E-state index < -0.39 is 6.10 Å². The lowest BCUT2D eigenvalue weighted by atomic mass is 9.87. The number of aromatic nitrogens is 2. The maximum atomic E-state index is 13.6. The number of nitrogens with one attached hydrogen (secondary N) is 1. The van der Waals surface area contributed by atoms with Gasteiger partial charge < -0.3 is 15.3 Å². The lowest BCUT2D eigenvalue weighted by Gasteiger charge is -2.35. The number of benzene rings is 1. The quantitative estimate of drug-likeness (QED) is 0.599. The maximum Gasteiger partial charge on any atom is 0.231 e. The molecule has 1 saturated heterocycles. The summed E-state index contributed by atoms with van der Waals surface area (Å²) in [5.41, 5.74) is 3.90. The van der Waals surface area contributed by atoms with Gasteiger partial charge in [-0.1, -0.05) is 35.0 Å². The van der Waals surface area contributed by atoms with Crippen LogP contribution in [0.4, 0.5) is 0 Å². The highest BCUT2D eigenvalue weighted by molar-refractivity contribution is 9.10. The average molecular weight is 514 g/mol. The summed E-state index contributed by atoms with van der Waals surface area (Å²) >= 11 is 3.49. The van der Waals surface area contributed by atoms with Crippen LogP contribution >= 0.6 is 15.9 Å². The number of aliphatic hydroxyl groups excluding tert-OH is 1. The second kappa shape index (κ2) is 9.80. The van der Waals surface area contributed by atoms with Crippen molar-refractivity contribution in [2.24, 2.45) is 0 Å². The summed E-state index contributed by atoms with van der Waals surface area (Å²) in [4.78, 5) is 24.5. The molecule has 1 unspecified atom stereocenters. The van der Waals surface area contributed by atoms with Crippen molar-refractivity contribution >= 4 is 21.8 Å². The predicted octanol–water partition coefficient (Wildman–Crippen LogP) is 4.82. The van der Waals surface area contributed by atoms with E-state index in [4.69, 9.17) is 0 Å². The van der Waals surface area contributed by atoms with Gasteiger partial charge in [-0.15, -0.1) is 0 Å². The van der Waals surface area contributed by atoms with Gasteiger partial charge in [0.2, 0.25) is 5.91 Å². The SMILES string of the molecule is C[C@@H]1C[C@@H](O)c2ncnc(C3C[CH]N(C(=O)[C@H](CNC(C)(C)C)c4ccc(Br)cc4)CC3)c21. The smallest absolute Gasteiger partial charge is 0.231 e. The molecule has 1 fully saturated rings. The van der Waals surface area contributed by atoms with Gasteiger partial charge in [-0.25, -0.2) is 9.97 Å². The highest BCUT2D eigenvalue weighted by Gasteiger charge is 2.36. The first-order chi connectivity index (χ1) is 15.6. The summed E-state index contributed by atoms with van der Waals surface area (Å²) in [5.74, 6) is 0.390. The minimum Gasteiger partial charge on any atom is -0.387 e. The summed E-state index contributed by atoms with van der Waals surface area (Å²) in [6, 6.07) is 8.04. The zero-order chi connectivity index (χ0) is 23.8. The monoisotopic (exact) mass is 513 g/mol. The zero-order valence-electron chi connectivity index (χ0n) is 19.9. The number of carbonyl (C=O) groups is 1. The van der Waals surface area contributed by atoms with Gasteiger partial charge in [0.1, 0.15) is 6.33 Å². The molecule has 1 aliphatic heterocycles. The summed E-state index contributed by atoms with van der Waals surface area (Å²) < 4.78 is 1.00. The highest BCUT2D eigenvalue weighted by atomic mass is 79.9. The molecule has 4 atom stereocenters. The van der Waals surface area contributed by atoms with Gasteiger partial charge in [-0.05, 0) is 63.6 Å². The summed E-state index contributed by atoms with van der Waals surface area (Å²) in [6.45, 7) is 11.8. The van der Waals surface area contributed by atoms with Crippen LogP contribution < -0.4 is 5.32 Å². The molecule has 1 aromatic heterocycles. The number of nitrogens with zero attached hydrogens (tertiary/aromatic N) is 3. The van der Waals surface area contributed by atoms with E-state index in [1.165, 1.54) is 0 Å². The largest absolute Gasteiger partial charge is 0.387 e. The Hall–Kier alpha value is -1.83. The van der Waals surface area contributed by atoms with Crippen molar-refractivity contribution in [1.29, 1.82) is 0 Å². The minimum absolute atomic E-state index is 0.0702. The van der Waals surface area contributed by atoms with Crippen molar-refractivity contribution in [1.82, 2.24) is 20.2 Å². The van der Waals surface area contributed by atoms with Crippen molar-refractivity contribution in [3.05, 3.63) is 64.1 Å². The van der Waals surface area contributed by atoms with E-state index in [9.17, 15) is 9.90 Å². The Bertz CT molecular complexity index is 981. The Balaban J connectivity index is 1.48. The number of amides is 1. The van der Waals surface area contributed by atoms with Crippen LogP contribution in [0, 0.1) is 6.54 Å². The third-order valence-corrected chi connectivity index (χ3v) is 7.26. The van der Waals surface area contributed by atoms with Gasteiger partial charge in [-0.2, -0.15) is 0 Å². The molecule has 2 aliphatic rings. The fourth-order valence-electron chi connectivity index (χ4n) is 4.94. The molecule has 7 heteroatoms. The van der Waals surface area contributed by atoms with Gasteiger partial charge in [-0.3, -0.25) is 4.79 Å². The number of hydrogen-bond acceptors (Lipinski definition) is 5. The molecule has 2 N–H and O–H groups in total. The fraction of sp³-hybridized carbons (Fsp3) is 0.538. The van der Waals surface area contributed by atoms with Crippen molar-refractivity contribution in [3.8, 4) is 0 Å². The van der Waals surface area contributed by atoms with Gasteiger partial charge in [0.05, 0.1) is 30.0 Å². The number of halogens is 1. The normalized spacial score (nSPS) is 22.3. The van der Waals surface area contributed by atoms with E-state index in [2.05, 4.69) is 58.9 Å². The van der Waals surface area contributed by atoms with E-state index in [1.54, 1.807) is 6.33 Å². The molecule has 2 aromatic rings. The number of piperidine rings is 1. The van der Waals surface area contributed by atoms with Crippen LogP contribution in [0.1, 0.15) is 93.3 Å². The van der Waals surface area contributed by atoms with Crippen molar-refractivity contribution in [2.75, 3.05) is 13.1 Å². The molecule has 0 saturated carbocycles. The molecule has 0 bridgehead atoms. The van der Waals surface area contributed by atoms with Gasteiger partial charge in [0.15, 0.2) is 0 Å². The minimum atomic E-state index is -0.496. The first-order valence-corrected chi connectivity index (χ1v) is 12.6. The van der Waals surface area contributed by atoms with E-state index in [1.807, 2.05) is 35.7 Å². The molecule has 1 aliphatic carbocycles. The van der Waals surface area contributed by atoms with Crippen LogP contribution in [0.3, 0.4) is 0 Å². The van der Waals surface area contributed by atoms with Crippen LogP contribution in [-0.4, -0.2) is 44.5 Å². The third-order valence-electron chi connectivity index (χ3n) is 6.74. The fourth-order valence-corrected chi connectivity index (χ4v) is 5.21. The highest BCUT2D eigenvalue weighted by Crippen LogP contribution is 2.44. The lowest BCUT2D eigenvalue weighted by molar-refractivity contribution is -0.132. The first-order valence-electron chi connectivity index (χ1n) is 11.8. The van der Waals surface area contributed by atoms with Crippen LogP contribution in [-0.2, 0) is 4.79 Å². The third kappa shape index (κ3) is 5.47. The Morgan fingerprint density at radius 1 is 1.24 bits per heavy atom. The Morgan fingerprint density at radius 3 is 2.58 bits per heavy atom. The van der Waals surface area contributed by atoms with Crippen LogP contribution in [0.25, 0.3) is 0 Å². The van der Waals surface area contributed by atoms with Gasteiger partial charge in [0, 0.05) is 34.6 Å². The number of likely N-dealkylation sites (tertiary alicyclic amines) is 1. The molecule has 0 spiro atoms. The number of rotatable bonds is 5. The number of carbonyl (C=O) groups excluding carboxylic acids is 1. The van der Waals surface area contributed by atoms with Crippen LogP contribution in [0.15, 0.2) is 35.1 Å². The molecular weight excluding hydrogens is 480 g/mol. The predicted molar refractivity (Wildman–Crippen MR) is 133 cm³/mol. The number of hydrogen-bond donors (Lipinski definition) is 2. The maximum absolute atomic E-state index is 13.6. The molecule has 6 nitrogen and oxygen atoms in total. The first kappa shape index (κ1) is 24.3. The zero-order valence-corrected chi connectivity index (χ0v) is 21.5. The van der Waals surface area contributed by atoms with Crippen molar-refractivity contribution < 1.29 is 9.90 Å². The van der Waals surface area contributed by atoms with Crippen LogP contribution in [0.5, 0.6) is 0 Å². The molecule has 1 amide bonds. The molecule has 1 aromatic carbocycles. The van der Waals surface area contributed by atoms with Crippen molar-refractivity contribution in [3.63, 3.8) is 0 Å². The van der Waals surface area contributed by atoms with E-state index >= 15 is 0 Å². The Morgan fingerprint density at radius 2 is 1.94 bits per heavy atom. The van der Waals surface area contributed by atoms with Gasteiger partial charge >= 0.3 is 0 Å². The number of aliphatic hydroxyl groups is 1. The second-order valence-corrected chi connectivity index (χ2v) is 11.3. The van der Waals surface area contributed by atoms with E-state index in [0.29, 0.717) is 19.5 Å². The molecule has 177 valence electrons. The van der Waals surface area contributed by atoms with E-state index in [0.717, 1.165) is 39.8 Å². The Kier molecular flexibility index (Phi) is 7.22. The van der Waals surface area contributed by atoms with Gasteiger partial charge in [0.25, 0.3) is 0 Å². The Labute approximate surface area is 205 Å². The summed E-state index contributed by atoms with van der Waals surface area (Å²) in [5, 5.41) is 13.8. The molecule has 4 rings (SSSR count). The molecule has 1 radical (unpaired) electrons. The topological polar surface area (TPSA) is 78.4 Å². The summed E-state index contributed by atoms with van der Waals surface area (Å²) in [7, 11) is 0. The number of fused-ring (bicyclic) bond motifs is 1. The second-order valence-electron chi connectivity index (χ2n) is 10.4. The average Bonchev–Trinajstić information content (AvgIpc) is 3.08. The molecule has 33 heavy (non-hydrogen) atoms. The van der Waals surface area contributed by atoms with E-state index in [-0.39, 0.29) is 29.2 Å². The van der Waals surface area contributed by atoms with Crippen molar-refractivity contribution in [2.45, 2.75) is 76.4 Å². The van der Waals surface area contributed by atoms with Crippen LogP contribution in [0.2, 0.25) is 0 Å².